The highest BCUT2D eigenvalue weighted by Crippen LogP contribution is 2.22. The van der Waals surface area contributed by atoms with Gasteiger partial charge in [-0.1, -0.05) is 18.2 Å². The van der Waals surface area contributed by atoms with Gasteiger partial charge in [-0.15, -0.1) is 0 Å². The van der Waals surface area contributed by atoms with Crippen molar-refractivity contribution in [1.29, 1.82) is 0 Å². The number of rotatable bonds is 4. The van der Waals surface area contributed by atoms with Gasteiger partial charge in [0.15, 0.2) is 5.78 Å². The molecule has 0 saturated heterocycles. The first-order valence-electron chi connectivity index (χ1n) is 6.82. The number of allylic oxidation sites excluding steroid dienone is 1. The fourth-order valence-corrected chi connectivity index (χ4v) is 2.21. The Morgan fingerprint density at radius 2 is 1.83 bits per heavy atom. The smallest absolute Gasteiger partial charge is 0.335 e. The molecule has 1 aromatic heterocycles. The Balaban J connectivity index is 1.84. The summed E-state index contributed by atoms with van der Waals surface area (Å²) in [6, 6.07) is 12.9. The van der Waals surface area contributed by atoms with Crippen LogP contribution >= 0.6 is 0 Å². The molecular weight excluding hydrogens is 296 g/mol. The van der Waals surface area contributed by atoms with Crippen LogP contribution in [0.5, 0.6) is 5.75 Å². The maximum absolute atomic E-state index is 12.1. The van der Waals surface area contributed by atoms with Crippen molar-refractivity contribution >= 4 is 28.8 Å². The average molecular weight is 308 g/mol. The number of fused-ring (bicyclic) bond motifs is 1. The molecule has 0 radical (unpaired) electrons. The van der Waals surface area contributed by atoms with Crippen molar-refractivity contribution in [2.24, 2.45) is 0 Å². The molecule has 0 aliphatic heterocycles. The van der Waals surface area contributed by atoms with Gasteiger partial charge >= 0.3 is 5.97 Å². The van der Waals surface area contributed by atoms with E-state index in [1.807, 2.05) is 24.3 Å². The number of carboxylic acids is 1. The standard InChI is InChI=1S/C18H12O5/c19-15(14-7-5-12(18(21)22)10-16(14)20)8-6-13-9-11-3-1-2-4-17(11)23-13/h1-10,20H,(H,21,22)/b8-6-. The van der Waals surface area contributed by atoms with Gasteiger partial charge in [0, 0.05) is 5.39 Å². The lowest BCUT2D eigenvalue weighted by molar-refractivity contribution is 0.0696. The number of benzene rings is 2. The van der Waals surface area contributed by atoms with Crippen LogP contribution in [0.2, 0.25) is 0 Å². The predicted molar refractivity (Wildman–Crippen MR) is 84.6 cm³/mol. The van der Waals surface area contributed by atoms with Crippen LogP contribution < -0.4 is 0 Å². The first kappa shape index (κ1) is 14.6. The van der Waals surface area contributed by atoms with E-state index in [4.69, 9.17) is 9.52 Å². The molecule has 0 aliphatic rings. The van der Waals surface area contributed by atoms with Crippen molar-refractivity contribution < 1.29 is 24.2 Å². The Kier molecular flexibility index (Phi) is 3.68. The number of hydrogen-bond acceptors (Lipinski definition) is 4. The molecule has 0 aliphatic carbocycles. The quantitative estimate of drug-likeness (QED) is 0.566. The molecule has 3 aromatic rings. The summed E-state index contributed by atoms with van der Waals surface area (Å²) in [4.78, 5) is 22.9. The minimum Gasteiger partial charge on any atom is -0.507 e. The first-order chi connectivity index (χ1) is 11.0. The van der Waals surface area contributed by atoms with E-state index in [9.17, 15) is 14.7 Å². The summed E-state index contributed by atoms with van der Waals surface area (Å²) < 4.78 is 5.56. The van der Waals surface area contributed by atoms with Crippen molar-refractivity contribution in [3.63, 3.8) is 0 Å². The van der Waals surface area contributed by atoms with Crippen LogP contribution in [0.1, 0.15) is 26.5 Å². The summed E-state index contributed by atoms with van der Waals surface area (Å²) in [6.45, 7) is 0. The zero-order valence-electron chi connectivity index (χ0n) is 11.9. The zero-order chi connectivity index (χ0) is 16.4. The van der Waals surface area contributed by atoms with Crippen LogP contribution in [-0.4, -0.2) is 22.0 Å². The lowest BCUT2D eigenvalue weighted by Crippen LogP contribution is -1.99. The van der Waals surface area contributed by atoms with Crippen LogP contribution in [0.15, 0.2) is 59.0 Å². The maximum Gasteiger partial charge on any atom is 0.335 e. The number of aromatic carboxylic acids is 1. The number of phenolic OH excluding ortho intramolecular Hbond substituents is 1. The lowest BCUT2D eigenvalue weighted by atomic mass is 10.1. The van der Waals surface area contributed by atoms with Gasteiger partial charge in [-0.05, 0) is 42.5 Å². The summed E-state index contributed by atoms with van der Waals surface area (Å²) in [7, 11) is 0. The molecule has 0 atom stereocenters. The number of phenols is 1. The third-order valence-corrected chi connectivity index (χ3v) is 3.35. The number of aromatic hydroxyl groups is 1. The topological polar surface area (TPSA) is 87.7 Å². The Morgan fingerprint density at radius 3 is 2.52 bits per heavy atom. The number of furan rings is 1. The van der Waals surface area contributed by atoms with E-state index in [0.29, 0.717) is 11.3 Å². The van der Waals surface area contributed by atoms with Crippen molar-refractivity contribution in [1.82, 2.24) is 0 Å². The molecule has 2 aromatic carbocycles. The molecule has 0 saturated carbocycles. The van der Waals surface area contributed by atoms with E-state index in [0.717, 1.165) is 11.5 Å². The molecule has 0 spiro atoms. The average Bonchev–Trinajstić information content (AvgIpc) is 2.95. The molecule has 23 heavy (non-hydrogen) atoms. The van der Waals surface area contributed by atoms with Crippen molar-refractivity contribution in [3.05, 3.63) is 71.5 Å². The van der Waals surface area contributed by atoms with E-state index in [1.54, 1.807) is 6.07 Å². The largest absolute Gasteiger partial charge is 0.507 e. The number of para-hydroxylation sites is 1. The molecule has 1 heterocycles. The first-order valence-corrected chi connectivity index (χ1v) is 6.82. The normalized spacial score (nSPS) is 11.1. The molecule has 0 unspecified atom stereocenters. The van der Waals surface area contributed by atoms with E-state index in [2.05, 4.69) is 0 Å². The molecule has 2 N–H and O–H groups in total. The molecule has 3 rings (SSSR count). The molecule has 0 amide bonds. The van der Waals surface area contributed by atoms with Gasteiger partial charge in [0.1, 0.15) is 17.1 Å². The summed E-state index contributed by atoms with van der Waals surface area (Å²) in [5.41, 5.74) is 0.663. The van der Waals surface area contributed by atoms with Gasteiger partial charge in [0.05, 0.1) is 11.1 Å². The van der Waals surface area contributed by atoms with Crippen LogP contribution in [0.25, 0.3) is 17.0 Å². The van der Waals surface area contributed by atoms with Gasteiger partial charge in [0.25, 0.3) is 0 Å². The summed E-state index contributed by atoms with van der Waals surface area (Å²) in [5.74, 6) is -1.47. The molecule has 5 heteroatoms. The molecule has 114 valence electrons. The Hall–Kier alpha value is -3.34. The minimum absolute atomic E-state index is 0.0300. The van der Waals surface area contributed by atoms with E-state index >= 15 is 0 Å². The van der Waals surface area contributed by atoms with Gasteiger partial charge in [-0.2, -0.15) is 0 Å². The number of ketones is 1. The van der Waals surface area contributed by atoms with Gasteiger partial charge in [-0.25, -0.2) is 4.79 Å². The Labute approximate surface area is 131 Å². The highest BCUT2D eigenvalue weighted by molar-refractivity contribution is 6.09. The minimum atomic E-state index is -1.17. The maximum atomic E-state index is 12.1. The van der Waals surface area contributed by atoms with E-state index < -0.39 is 11.8 Å². The highest BCUT2D eigenvalue weighted by Gasteiger charge is 2.12. The summed E-state index contributed by atoms with van der Waals surface area (Å²) in [6.07, 6.45) is 2.78. The molecular formula is C18H12O5. The predicted octanol–water partition coefficient (Wildman–Crippen LogP) is 3.73. The summed E-state index contributed by atoms with van der Waals surface area (Å²) in [5, 5.41) is 19.5. The monoisotopic (exact) mass is 308 g/mol. The van der Waals surface area contributed by atoms with Gasteiger partial charge in [0.2, 0.25) is 0 Å². The zero-order valence-corrected chi connectivity index (χ0v) is 11.9. The van der Waals surface area contributed by atoms with Crippen LogP contribution in [0.3, 0.4) is 0 Å². The van der Waals surface area contributed by atoms with E-state index in [1.165, 1.54) is 24.3 Å². The summed E-state index contributed by atoms with van der Waals surface area (Å²) >= 11 is 0. The fraction of sp³-hybridized carbons (Fsp3) is 0. The van der Waals surface area contributed by atoms with Crippen LogP contribution in [0.4, 0.5) is 0 Å². The number of carboxylic acid groups (broad SMARTS) is 1. The van der Waals surface area contributed by atoms with Crippen LogP contribution in [-0.2, 0) is 0 Å². The Bertz CT molecular complexity index is 900. The van der Waals surface area contributed by atoms with Gasteiger partial charge in [-0.3, -0.25) is 4.79 Å². The third-order valence-electron chi connectivity index (χ3n) is 3.35. The second kappa shape index (κ2) is 5.81. The molecule has 0 bridgehead atoms. The van der Waals surface area contributed by atoms with Crippen molar-refractivity contribution in [2.45, 2.75) is 0 Å². The second-order valence-corrected chi connectivity index (χ2v) is 4.92. The number of carbonyl (C=O) groups is 2. The third kappa shape index (κ3) is 2.98. The molecule has 5 nitrogen and oxygen atoms in total. The van der Waals surface area contributed by atoms with Crippen molar-refractivity contribution in [3.8, 4) is 5.75 Å². The van der Waals surface area contributed by atoms with E-state index in [-0.39, 0.29) is 16.9 Å². The molecule has 0 fully saturated rings. The number of hydrogen-bond donors (Lipinski definition) is 2. The lowest BCUT2D eigenvalue weighted by Gasteiger charge is -2.01. The Morgan fingerprint density at radius 1 is 1.04 bits per heavy atom. The fourth-order valence-electron chi connectivity index (χ4n) is 2.21. The van der Waals surface area contributed by atoms with Gasteiger partial charge < -0.3 is 14.6 Å². The second-order valence-electron chi connectivity index (χ2n) is 4.92. The van der Waals surface area contributed by atoms with Crippen LogP contribution in [0, 0.1) is 0 Å². The highest BCUT2D eigenvalue weighted by atomic mass is 16.4. The number of carbonyl (C=O) groups excluding carboxylic acids is 1. The van der Waals surface area contributed by atoms with Crippen molar-refractivity contribution in [2.75, 3.05) is 0 Å². The SMILES string of the molecule is O=C(O)c1ccc(C(=O)/C=C\c2cc3ccccc3o2)c(O)c1.